The summed E-state index contributed by atoms with van der Waals surface area (Å²) in [6.45, 7) is 0. The molecule has 0 bridgehead atoms. The molecule has 4 nitrogen and oxygen atoms in total. The number of rotatable bonds is 2. The van der Waals surface area contributed by atoms with Crippen molar-refractivity contribution in [2.75, 3.05) is 0 Å². The van der Waals surface area contributed by atoms with Gasteiger partial charge in [0.05, 0.1) is 0 Å². The molecular formula is C12H10CoO4-2. The fourth-order valence-corrected chi connectivity index (χ4v) is 1.03. The van der Waals surface area contributed by atoms with Crippen LogP contribution in [0.4, 0.5) is 0 Å². The molecule has 0 spiro atoms. The zero-order chi connectivity index (χ0) is 12.0. The number of hydrogen-bond acceptors (Lipinski definition) is 2. The molecule has 17 heavy (non-hydrogen) atoms. The van der Waals surface area contributed by atoms with Gasteiger partial charge in [-0.2, -0.15) is 24.3 Å². The van der Waals surface area contributed by atoms with Crippen LogP contribution in [-0.2, 0) is 16.8 Å². The molecule has 0 fully saturated rings. The van der Waals surface area contributed by atoms with Crippen molar-refractivity contribution in [3.8, 4) is 0 Å². The van der Waals surface area contributed by atoms with Crippen LogP contribution in [0.25, 0.3) is 0 Å². The smallest absolute Gasteiger partial charge is 0.278 e. The van der Waals surface area contributed by atoms with Gasteiger partial charge in [-0.1, -0.05) is 11.1 Å². The minimum absolute atomic E-state index is 0. The summed E-state index contributed by atoms with van der Waals surface area (Å²) in [5, 5.41) is 16.5. The van der Waals surface area contributed by atoms with Crippen LogP contribution in [0.2, 0.25) is 0 Å². The molecule has 2 aromatic carbocycles. The van der Waals surface area contributed by atoms with E-state index in [2.05, 4.69) is 0 Å². The second-order valence-corrected chi connectivity index (χ2v) is 2.96. The average Bonchev–Trinajstić information content (AvgIpc) is 2.93. The summed E-state index contributed by atoms with van der Waals surface area (Å²) in [6.07, 6.45) is 0. The summed E-state index contributed by atoms with van der Waals surface area (Å²) in [5.41, 5.74) is 0.704. The molecule has 2 rings (SSSR count). The van der Waals surface area contributed by atoms with Crippen molar-refractivity contribution in [1.29, 1.82) is 0 Å². The predicted molar refractivity (Wildman–Crippen MR) is 58.0 cm³/mol. The molecule has 0 saturated carbocycles. The Kier molecular flexibility index (Phi) is 6.62. The third-order valence-electron chi connectivity index (χ3n) is 1.82. The Balaban J connectivity index is 0.000000284. The van der Waals surface area contributed by atoms with Crippen LogP contribution < -0.4 is 0 Å². The topological polar surface area (TPSA) is 74.6 Å². The van der Waals surface area contributed by atoms with Gasteiger partial charge in [-0.05, 0) is 0 Å². The van der Waals surface area contributed by atoms with Crippen molar-refractivity contribution < 1.29 is 36.6 Å². The van der Waals surface area contributed by atoms with Gasteiger partial charge >= 0.3 is 0 Å². The van der Waals surface area contributed by atoms with Gasteiger partial charge < -0.3 is 10.2 Å². The molecule has 0 heterocycles. The Hall–Kier alpha value is -1.85. The Labute approximate surface area is 108 Å². The molecule has 0 aliphatic heterocycles. The average molecular weight is 277 g/mol. The van der Waals surface area contributed by atoms with E-state index in [-0.39, 0.29) is 16.8 Å². The Morgan fingerprint density at radius 1 is 0.706 bits per heavy atom. The normalized spacial score (nSPS) is 8.47. The molecule has 5 heteroatoms. The van der Waals surface area contributed by atoms with E-state index in [4.69, 9.17) is 10.2 Å². The van der Waals surface area contributed by atoms with Crippen molar-refractivity contribution in [1.82, 2.24) is 0 Å². The molecule has 0 aliphatic rings. The molecular weight excluding hydrogens is 267 g/mol. The van der Waals surface area contributed by atoms with E-state index in [9.17, 15) is 9.59 Å². The quantitative estimate of drug-likeness (QED) is 0.825. The summed E-state index contributed by atoms with van der Waals surface area (Å²) >= 11 is 0. The van der Waals surface area contributed by atoms with Gasteiger partial charge in [0.1, 0.15) is 0 Å². The van der Waals surface area contributed by atoms with Crippen LogP contribution in [0, 0.1) is 0 Å². The van der Waals surface area contributed by atoms with E-state index in [0.717, 1.165) is 0 Å². The summed E-state index contributed by atoms with van der Waals surface area (Å²) in [4.78, 5) is 20.1. The van der Waals surface area contributed by atoms with Crippen LogP contribution in [0.5, 0.6) is 0 Å². The molecule has 0 aromatic heterocycles. The second kappa shape index (κ2) is 7.42. The zero-order valence-electron chi connectivity index (χ0n) is 8.66. The molecule has 0 aliphatic carbocycles. The molecule has 2 aromatic rings. The summed E-state index contributed by atoms with van der Waals surface area (Å²) in [5.74, 6) is -1.73. The Morgan fingerprint density at radius 2 is 0.941 bits per heavy atom. The standard InChI is InChI=1S/2C6H5O2.Co/c2*7-6(8)5-3-1-2-4-5;/h2*1-4H,(H,7,8);/q2*-1;. The third kappa shape index (κ3) is 5.14. The van der Waals surface area contributed by atoms with E-state index in [1.54, 1.807) is 48.5 Å². The van der Waals surface area contributed by atoms with E-state index < -0.39 is 11.9 Å². The Morgan fingerprint density at radius 3 is 1.06 bits per heavy atom. The summed E-state index contributed by atoms with van der Waals surface area (Å²) in [6, 6.07) is 13.0. The molecule has 93 valence electrons. The van der Waals surface area contributed by atoms with Crippen LogP contribution in [0.3, 0.4) is 0 Å². The minimum Gasteiger partial charge on any atom is -0.487 e. The number of carboxylic acid groups (broad SMARTS) is 2. The van der Waals surface area contributed by atoms with Gasteiger partial charge in [0.25, 0.3) is 11.9 Å². The van der Waals surface area contributed by atoms with E-state index in [1.807, 2.05) is 0 Å². The van der Waals surface area contributed by atoms with Crippen LogP contribution in [0.15, 0.2) is 48.5 Å². The predicted octanol–water partition coefficient (Wildman–Crippen LogP) is 2.20. The van der Waals surface area contributed by atoms with Gasteiger partial charge in [-0.25, -0.2) is 24.3 Å². The van der Waals surface area contributed by atoms with E-state index in [0.29, 0.717) is 11.1 Å². The summed E-state index contributed by atoms with van der Waals surface area (Å²) < 4.78 is 0. The largest absolute Gasteiger partial charge is 0.487 e. The van der Waals surface area contributed by atoms with Crippen LogP contribution >= 0.6 is 0 Å². The Bertz CT molecular complexity index is 399. The van der Waals surface area contributed by atoms with Gasteiger partial charge in [0.15, 0.2) is 0 Å². The minimum atomic E-state index is -0.866. The first-order valence-corrected chi connectivity index (χ1v) is 4.51. The van der Waals surface area contributed by atoms with Crippen molar-refractivity contribution >= 4 is 11.9 Å². The monoisotopic (exact) mass is 277 g/mol. The molecule has 0 unspecified atom stereocenters. The van der Waals surface area contributed by atoms with Crippen molar-refractivity contribution in [2.45, 2.75) is 0 Å². The van der Waals surface area contributed by atoms with E-state index in [1.165, 1.54) is 0 Å². The van der Waals surface area contributed by atoms with Gasteiger partial charge in [0.2, 0.25) is 0 Å². The molecule has 2 N–H and O–H groups in total. The van der Waals surface area contributed by atoms with Crippen LogP contribution in [-0.4, -0.2) is 22.2 Å². The van der Waals surface area contributed by atoms with Crippen molar-refractivity contribution in [3.05, 3.63) is 59.7 Å². The summed E-state index contributed by atoms with van der Waals surface area (Å²) in [7, 11) is 0. The van der Waals surface area contributed by atoms with Gasteiger partial charge in [0, 0.05) is 16.8 Å². The molecule has 0 amide bonds. The fourth-order valence-electron chi connectivity index (χ4n) is 1.03. The van der Waals surface area contributed by atoms with Gasteiger partial charge in [-0.3, -0.25) is 9.59 Å². The van der Waals surface area contributed by atoms with Crippen molar-refractivity contribution in [3.63, 3.8) is 0 Å². The first-order valence-electron chi connectivity index (χ1n) is 4.51. The zero-order valence-corrected chi connectivity index (χ0v) is 9.70. The first-order chi connectivity index (χ1) is 7.61. The maximum Gasteiger partial charge on any atom is 0.278 e. The number of carbonyl (C=O) groups is 2. The van der Waals surface area contributed by atoms with Crippen LogP contribution in [0.1, 0.15) is 20.7 Å². The third-order valence-corrected chi connectivity index (χ3v) is 1.82. The molecule has 0 saturated heterocycles. The fraction of sp³-hybridized carbons (Fsp3) is 0. The second-order valence-electron chi connectivity index (χ2n) is 2.96. The van der Waals surface area contributed by atoms with E-state index >= 15 is 0 Å². The molecule has 1 radical (unpaired) electrons. The first kappa shape index (κ1) is 15.1. The SMILES string of the molecule is O=C(O)[c-]1cccc1.O=C(O)[c-]1cccc1.[Co]. The van der Waals surface area contributed by atoms with Crippen molar-refractivity contribution in [2.24, 2.45) is 0 Å². The number of aromatic carboxylic acids is 2. The maximum atomic E-state index is 10.1. The maximum absolute atomic E-state index is 10.1. The van der Waals surface area contributed by atoms with Gasteiger partial charge in [-0.15, -0.1) is 0 Å². The molecule has 0 atom stereocenters. The number of carboxylic acids is 2. The number of hydrogen-bond donors (Lipinski definition) is 2.